The van der Waals surface area contributed by atoms with Crippen molar-refractivity contribution < 1.29 is 5.11 Å². The molecule has 106 valence electrons. The lowest BCUT2D eigenvalue weighted by molar-refractivity contribution is 0.194. The van der Waals surface area contributed by atoms with Gasteiger partial charge in [0.05, 0.1) is 29.7 Å². The normalized spacial score (nSPS) is 13.8. The maximum atomic E-state index is 9.48. The van der Waals surface area contributed by atoms with E-state index in [1.807, 2.05) is 43.4 Å². The minimum absolute atomic E-state index is 0.214. The van der Waals surface area contributed by atoms with E-state index in [-0.39, 0.29) is 6.04 Å². The van der Waals surface area contributed by atoms with Crippen molar-refractivity contribution in [2.75, 3.05) is 11.9 Å². The fourth-order valence-electron chi connectivity index (χ4n) is 2.04. The third kappa shape index (κ3) is 3.30. The number of hydrogen-bond acceptors (Lipinski definition) is 3. The summed E-state index contributed by atoms with van der Waals surface area (Å²) in [4.78, 5) is 6.42. The molecule has 1 unspecified atom stereocenters. The van der Waals surface area contributed by atoms with Crippen molar-refractivity contribution in [3.8, 4) is 0 Å². The van der Waals surface area contributed by atoms with Gasteiger partial charge in [0.1, 0.15) is 0 Å². The molecule has 4 heteroatoms. The van der Waals surface area contributed by atoms with Gasteiger partial charge in [-0.05, 0) is 43.7 Å². The Balaban J connectivity index is 2.17. The second kappa shape index (κ2) is 6.25. The Morgan fingerprint density at radius 3 is 2.25 bits per heavy atom. The smallest absolute Gasteiger partial charge is 0.0931 e. The highest BCUT2D eigenvalue weighted by Gasteiger charge is 2.13. The zero-order valence-electron chi connectivity index (χ0n) is 11.9. The van der Waals surface area contributed by atoms with Gasteiger partial charge >= 0.3 is 0 Å². The molecule has 0 amide bonds. The molecule has 0 aliphatic heterocycles. The second-order valence-electron chi connectivity index (χ2n) is 4.96. The van der Waals surface area contributed by atoms with Gasteiger partial charge in [-0.1, -0.05) is 23.7 Å². The molecule has 1 heterocycles. The van der Waals surface area contributed by atoms with Crippen LogP contribution in [-0.4, -0.2) is 17.1 Å². The lowest BCUT2D eigenvalue weighted by atomic mass is 10.1. The fraction of sp³-hybridized carbons (Fsp3) is 0.312. The Labute approximate surface area is 124 Å². The van der Waals surface area contributed by atoms with E-state index in [0.717, 1.165) is 10.7 Å². The highest BCUT2D eigenvalue weighted by atomic mass is 35.5. The van der Waals surface area contributed by atoms with Crippen LogP contribution in [0.4, 0.5) is 5.69 Å². The summed E-state index contributed by atoms with van der Waals surface area (Å²) in [5.74, 6) is 0. The number of benzene rings is 1. The average Bonchev–Trinajstić information content (AvgIpc) is 2.46. The molecule has 0 fully saturated rings. The standard InChI is InChI=1S/C16H19ClN2O/c1-11(13-4-6-14(17)7-5-13)19(3)15-8-9-16(12(2)20)18-10-15/h4-12,20H,1-3H3/t11?,12-/m1/s1. The van der Waals surface area contributed by atoms with E-state index < -0.39 is 6.10 Å². The lowest BCUT2D eigenvalue weighted by Crippen LogP contribution is -2.21. The van der Waals surface area contributed by atoms with Crippen LogP contribution in [0.3, 0.4) is 0 Å². The van der Waals surface area contributed by atoms with Crippen molar-refractivity contribution in [3.05, 3.63) is 58.9 Å². The van der Waals surface area contributed by atoms with E-state index in [9.17, 15) is 5.11 Å². The summed E-state index contributed by atoms with van der Waals surface area (Å²) in [5.41, 5.74) is 2.88. The summed E-state index contributed by atoms with van der Waals surface area (Å²) in [7, 11) is 2.03. The summed E-state index contributed by atoms with van der Waals surface area (Å²) in [6.07, 6.45) is 1.25. The Kier molecular flexibility index (Phi) is 4.63. The minimum atomic E-state index is -0.539. The Morgan fingerprint density at radius 2 is 1.75 bits per heavy atom. The summed E-state index contributed by atoms with van der Waals surface area (Å²) in [5, 5.41) is 10.2. The first kappa shape index (κ1) is 14.8. The van der Waals surface area contributed by atoms with Gasteiger partial charge in [0.2, 0.25) is 0 Å². The molecule has 0 saturated carbocycles. The second-order valence-corrected chi connectivity index (χ2v) is 5.39. The third-order valence-electron chi connectivity index (χ3n) is 3.54. The molecule has 2 aromatic rings. The van der Waals surface area contributed by atoms with Gasteiger partial charge in [-0.15, -0.1) is 0 Å². The zero-order valence-corrected chi connectivity index (χ0v) is 12.7. The number of aliphatic hydroxyl groups excluding tert-OH is 1. The van der Waals surface area contributed by atoms with Crippen LogP contribution >= 0.6 is 11.6 Å². The molecular formula is C16H19ClN2O. The van der Waals surface area contributed by atoms with Gasteiger partial charge in [0.15, 0.2) is 0 Å². The number of aliphatic hydroxyl groups is 1. The molecule has 0 saturated heterocycles. The van der Waals surface area contributed by atoms with Gasteiger partial charge in [-0.2, -0.15) is 0 Å². The van der Waals surface area contributed by atoms with Crippen molar-refractivity contribution >= 4 is 17.3 Å². The lowest BCUT2D eigenvalue weighted by Gasteiger charge is -2.27. The van der Waals surface area contributed by atoms with Gasteiger partial charge in [0.25, 0.3) is 0 Å². The van der Waals surface area contributed by atoms with Crippen molar-refractivity contribution in [1.29, 1.82) is 0 Å². The van der Waals surface area contributed by atoms with E-state index in [1.54, 1.807) is 13.1 Å². The molecule has 0 spiro atoms. The molecule has 0 aliphatic carbocycles. The first-order valence-electron chi connectivity index (χ1n) is 6.61. The molecule has 20 heavy (non-hydrogen) atoms. The van der Waals surface area contributed by atoms with E-state index >= 15 is 0 Å². The molecule has 1 aromatic heterocycles. The number of hydrogen-bond donors (Lipinski definition) is 1. The Morgan fingerprint density at radius 1 is 1.10 bits per heavy atom. The SMILES string of the molecule is CC(c1ccc(Cl)cc1)N(C)c1ccc([C@@H](C)O)nc1. The predicted molar refractivity (Wildman–Crippen MR) is 83.1 cm³/mol. The van der Waals surface area contributed by atoms with Crippen LogP contribution in [0, 0.1) is 0 Å². The molecule has 1 aromatic carbocycles. The quantitative estimate of drug-likeness (QED) is 0.925. The number of aromatic nitrogens is 1. The van der Waals surface area contributed by atoms with Gasteiger partial charge in [-0.3, -0.25) is 4.98 Å². The molecule has 2 atom stereocenters. The molecular weight excluding hydrogens is 272 g/mol. The molecule has 0 radical (unpaired) electrons. The monoisotopic (exact) mass is 290 g/mol. The first-order valence-corrected chi connectivity index (χ1v) is 6.99. The minimum Gasteiger partial charge on any atom is -0.387 e. The third-order valence-corrected chi connectivity index (χ3v) is 3.79. The largest absolute Gasteiger partial charge is 0.387 e. The topological polar surface area (TPSA) is 36.4 Å². The summed E-state index contributed by atoms with van der Waals surface area (Å²) in [6.45, 7) is 3.84. The maximum Gasteiger partial charge on any atom is 0.0931 e. The van der Waals surface area contributed by atoms with Crippen LogP contribution in [0.2, 0.25) is 5.02 Å². The number of nitrogens with zero attached hydrogens (tertiary/aromatic N) is 2. The van der Waals surface area contributed by atoms with Crippen LogP contribution in [0.5, 0.6) is 0 Å². The highest BCUT2D eigenvalue weighted by molar-refractivity contribution is 6.30. The van der Waals surface area contributed by atoms with Gasteiger partial charge in [0, 0.05) is 12.1 Å². The fourth-order valence-corrected chi connectivity index (χ4v) is 2.17. The van der Waals surface area contributed by atoms with E-state index in [1.165, 1.54) is 5.56 Å². The Bertz CT molecular complexity index is 552. The number of rotatable bonds is 4. The van der Waals surface area contributed by atoms with E-state index in [2.05, 4.69) is 16.8 Å². The molecule has 2 rings (SSSR count). The first-order chi connectivity index (χ1) is 9.49. The zero-order chi connectivity index (χ0) is 14.7. The van der Waals surface area contributed by atoms with Crippen molar-refractivity contribution in [3.63, 3.8) is 0 Å². The van der Waals surface area contributed by atoms with Crippen LogP contribution in [0.1, 0.15) is 37.3 Å². The highest BCUT2D eigenvalue weighted by Crippen LogP contribution is 2.26. The van der Waals surface area contributed by atoms with Crippen LogP contribution in [-0.2, 0) is 0 Å². The number of pyridine rings is 1. The number of anilines is 1. The summed E-state index contributed by atoms with van der Waals surface area (Å²) in [6, 6.07) is 11.9. The predicted octanol–water partition coefficient (Wildman–Crippen LogP) is 3.99. The van der Waals surface area contributed by atoms with Crippen molar-refractivity contribution in [2.24, 2.45) is 0 Å². The number of halogens is 1. The van der Waals surface area contributed by atoms with Crippen LogP contribution < -0.4 is 4.90 Å². The van der Waals surface area contributed by atoms with Gasteiger partial charge < -0.3 is 10.0 Å². The van der Waals surface area contributed by atoms with Crippen LogP contribution in [0.25, 0.3) is 0 Å². The van der Waals surface area contributed by atoms with E-state index in [0.29, 0.717) is 5.69 Å². The Hall–Kier alpha value is -1.58. The van der Waals surface area contributed by atoms with Crippen molar-refractivity contribution in [1.82, 2.24) is 4.98 Å². The molecule has 3 nitrogen and oxygen atoms in total. The summed E-state index contributed by atoms with van der Waals surface area (Å²) >= 11 is 5.91. The van der Waals surface area contributed by atoms with Crippen LogP contribution in [0.15, 0.2) is 42.6 Å². The van der Waals surface area contributed by atoms with E-state index in [4.69, 9.17) is 11.6 Å². The molecule has 0 aliphatic rings. The average molecular weight is 291 g/mol. The molecule has 0 bridgehead atoms. The van der Waals surface area contributed by atoms with Gasteiger partial charge in [-0.25, -0.2) is 0 Å². The maximum absolute atomic E-state index is 9.48. The summed E-state index contributed by atoms with van der Waals surface area (Å²) < 4.78 is 0. The molecule has 1 N–H and O–H groups in total. The van der Waals surface area contributed by atoms with Crippen molar-refractivity contribution in [2.45, 2.75) is 26.0 Å².